The number of phenols is 1. The molecule has 0 saturated carbocycles. The molecule has 0 bridgehead atoms. The largest absolute Gasteiger partial charge is 0.507 e. The predicted molar refractivity (Wildman–Crippen MR) is 121 cm³/mol. The molecule has 1 heterocycles. The van der Waals surface area contributed by atoms with Gasteiger partial charge in [-0.05, 0) is 38.0 Å². The molecule has 0 fully saturated rings. The fourth-order valence-electron chi connectivity index (χ4n) is 3.61. The van der Waals surface area contributed by atoms with E-state index in [-0.39, 0.29) is 16.6 Å². The summed E-state index contributed by atoms with van der Waals surface area (Å²) in [5.74, 6) is 0.720. The summed E-state index contributed by atoms with van der Waals surface area (Å²) in [6.45, 7) is 7.94. The lowest BCUT2D eigenvalue weighted by Gasteiger charge is -2.18. The summed E-state index contributed by atoms with van der Waals surface area (Å²) in [4.78, 5) is 18.3. The topological polar surface area (TPSA) is 74.8 Å². The van der Waals surface area contributed by atoms with Crippen LogP contribution in [0.3, 0.4) is 0 Å². The molecule has 0 aliphatic heterocycles. The van der Waals surface area contributed by atoms with Gasteiger partial charge in [-0.25, -0.2) is 0 Å². The number of hydrogen-bond donors (Lipinski definition) is 2. The summed E-state index contributed by atoms with van der Waals surface area (Å²) in [6, 6.07) is 12.5. The summed E-state index contributed by atoms with van der Waals surface area (Å²) in [5.41, 5.74) is 1.69. The summed E-state index contributed by atoms with van der Waals surface area (Å²) >= 11 is 0. The van der Waals surface area contributed by atoms with Crippen molar-refractivity contribution >= 4 is 10.9 Å². The molecule has 0 aliphatic carbocycles. The first-order valence-electron chi connectivity index (χ1n) is 10.5. The molecule has 6 heteroatoms. The Morgan fingerprint density at radius 1 is 1.07 bits per heavy atom. The van der Waals surface area contributed by atoms with Crippen LogP contribution in [0.25, 0.3) is 22.2 Å². The number of methoxy groups -OCH3 is 1. The monoisotopic (exact) mass is 410 g/mol. The van der Waals surface area contributed by atoms with Crippen molar-refractivity contribution in [1.29, 1.82) is 0 Å². The molecule has 0 aliphatic rings. The quantitative estimate of drug-likeness (QED) is 0.484. The third kappa shape index (κ3) is 4.76. The van der Waals surface area contributed by atoms with Gasteiger partial charge in [0, 0.05) is 17.8 Å². The number of fused-ring (bicyclic) bond motifs is 1. The van der Waals surface area contributed by atoms with Crippen LogP contribution in [0.2, 0.25) is 0 Å². The minimum atomic E-state index is -0.274. The van der Waals surface area contributed by atoms with Crippen molar-refractivity contribution in [3.05, 3.63) is 52.7 Å². The maximum Gasteiger partial charge on any atom is 0.193 e. The number of aromatic nitrogens is 1. The molecular weight excluding hydrogens is 380 g/mol. The molecule has 30 heavy (non-hydrogen) atoms. The Kier molecular flexibility index (Phi) is 7.36. The lowest BCUT2D eigenvalue weighted by atomic mass is 10.1. The molecule has 160 valence electrons. The second-order valence-corrected chi connectivity index (χ2v) is 7.17. The van der Waals surface area contributed by atoms with Crippen molar-refractivity contribution in [2.75, 3.05) is 33.4 Å². The average Bonchev–Trinajstić information content (AvgIpc) is 2.76. The first kappa shape index (κ1) is 21.7. The molecule has 6 nitrogen and oxygen atoms in total. The molecule has 0 spiro atoms. The third-order valence-electron chi connectivity index (χ3n) is 5.32. The van der Waals surface area contributed by atoms with Crippen molar-refractivity contribution in [2.24, 2.45) is 0 Å². The van der Waals surface area contributed by atoms with E-state index in [1.165, 1.54) is 19.2 Å². The van der Waals surface area contributed by atoms with Crippen molar-refractivity contribution < 1.29 is 14.6 Å². The van der Waals surface area contributed by atoms with Crippen molar-refractivity contribution in [1.82, 2.24) is 9.88 Å². The highest BCUT2D eigenvalue weighted by Gasteiger charge is 2.18. The zero-order chi connectivity index (χ0) is 21.5. The van der Waals surface area contributed by atoms with Crippen LogP contribution >= 0.6 is 0 Å². The molecule has 3 aromatic rings. The molecule has 3 rings (SSSR count). The van der Waals surface area contributed by atoms with Crippen molar-refractivity contribution in [2.45, 2.75) is 26.7 Å². The Morgan fingerprint density at radius 3 is 2.47 bits per heavy atom. The van der Waals surface area contributed by atoms with Crippen LogP contribution < -0.4 is 14.9 Å². The van der Waals surface area contributed by atoms with Gasteiger partial charge in [0.25, 0.3) is 0 Å². The Balaban J connectivity index is 1.88. The van der Waals surface area contributed by atoms with E-state index >= 15 is 0 Å². The van der Waals surface area contributed by atoms with Crippen LogP contribution in [0.15, 0.2) is 47.3 Å². The number of unbranched alkanes of at least 4 members (excludes halogenated alkanes) is 1. The van der Waals surface area contributed by atoms with Gasteiger partial charge in [-0.1, -0.05) is 44.2 Å². The molecule has 0 radical (unpaired) electrons. The Labute approximate surface area is 177 Å². The smallest absolute Gasteiger partial charge is 0.193 e. The van der Waals surface area contributed by atoms with E-state index in [9.17, 15) is 9.90 Å². The Hall–Kier alpha value is -2.99. The van der Waals surface area contributed by atoms with Gasteiger partial charge < -0.3 is 24.5 Å². The van der Waals surface area contributed by atoms with E-state index in [0.717, 1.165) is 38.0 Å². The van der Waals surface area contributed by atoms with Crippen LogP contribution in [0.4, 0.5) is 0 Å². The van der Waals surface area contributed by atoms with Gasteiger partial charge in [-0.3, -0.25) is 4.79 Å². The zero-order valence-electron chi connectivity index (χ0n) is 17.9. The highest BCUT2D eigenvalue weighted by Crippen LogP contribution is 2.39. The van der Waals surface area contributed by atoms with Crippen molar-refractivity contribution in [3.8, 4) is 28.5 Å². The normalized spacial score (nSPS) is 11.2. The van der Waals surface area contributed by atoms with Crippen LogP contribution in [0.1, 0.15) is 26.7 Å². The fraction of sp³-hybridized carbons (Fsp3) is 0.375. The van der Waals surface area contributed by atoms with E-state index in [1.807, 2.05) is 30.3 Å². The Bertz CT molecular complexity index is 1030. The van der Waals surface area contributed by atoms with E-state index in [0.29, 0.717) is 29.3 Å². The van der Waals surface area contributed by atoms with Gasteiger partial charge in [-0.2, -0.15) is 0 Å². The molecule has 0 unspecified atom stereocenters. The number of nitrogens with zero attached hydrogens (tertiary/aromatic N) is 1. The maximum absolute atomic E-state index is 12.7. The Morgan fingerprint density at radius 2 is 1.80 bits per heavy atom. The van der Waals surface area contributed by atoms with Gasteiger partial charge in [0.15, 0.2) is 16.9 Å². The molecular formula is C24H30N2O4. The zero-order valence-corrected chi connectivity index (χ0v) is 17.9. The number of hydrogen-bond acceptors (Lipinski definition) is 5. The standard InChI is InChI=1S/C24H30N2O4/c1-4-26(5-2)13-9-10-14-30-21-16-20(28)22-19(27)15-18(17-11-7-6-8-12-17)25-23(22)24(21)29-3/h6-8,11-12,15-16,28H,4-5,9-10,13-14H2,1-3H3,(H,25,27). The van der Waals surface area contributed by atoms with Crippen molar-refractivity contribution in [3.63, 3.8) is 0 Å². The van der Waals surface area contributed by atoms with E-state index in [1.54, 1.807) is 0 Å². The number of aromatic hydroxyl groups is 1. The number of aromatic amines is 1. The van der Waals surface area contributed by atoms with Gasteiger partial charge in [0.05, 0.1) is 19.1 Å². The number of phenolic OH excluding ortho intramolecular Hbond substituents is 1. The fourth-order valence-corrected chi connectivity index (χ4v) is 3.61. The predicted octanol–water partition coefficient (Wildman–Crippen LogP) is 4.41. The number of benzene rings is 2. The maximum atomic E-state index is 12.7. The molecule has 2 N–H and O–H groups in total. The van der Waals surface area contributed by atoms with Gasteiger partial charge in [0.2, 0.25) is 0 Å². The second kappa shape index (κ2) is 10.2. The summed E-state index contributed by atoms with van der Waals surface area (Å²) < 4.78 is 11.5. The number of ether oxygens (including phenoxy) is 2. The molecule has 1 aromatic heterocycles. The van der Waals surface area contributed by atoms with Gasteiger partial charge in [-0.15, -0.1) is 0 Å². The second-order valence-electron chi connectivity index (χ2n) is 7.17. The van der Waals surface area contributed by atoms with E-state index < -0.39 is 0 Å². The first-order valence-corrected chi connectivity index (χ1v) is 10.5. The number of H-pyrrole nitrogens is 1. The lowest BCUT2D eigenvalue weighted by molar-refractivity contribution is 0.259. The minimum Gasteiger partial charge on any atom is -0.507 e. The number of rotatable bonds is 10. The molecule has 0 amide bonds. The molecule has 0 saturated heterocycles. The van der Waals surface area contributed by atoms with Gasteiger partial charge in [0.1, 0.15) is 11.3 Å². The summed E-state index contributed by atoms with van der Waals surface area (Å²) in [5, 5.41) is 10.7. The average molecular weight is 411 g/mol. The SMILES string of the molecule is CCN(CC)CCCCOc1cc(O)c2c(=O)cc(-c3ccccc3)[nH]c2c1OC. The highest BCUT2D eigenvalue weighted by molar-refractivity contribution is 5.93. The summed E-state index contributed by atoms with van der Waals surface area (Å²) in [7, 11) is 1.53. The van der Waals surface area contributed by atoms with Crippen LogP contribution in [0, 0.1) is 0 Å². The minimum absolute atomic E-state index is 0.121. The first-order chi connectivity index (χ1) is 14.6. The van der Waals surface area contributed by atoms with Crippen LogP contribution in [-0.2, 0) is 0 Å². The summed E-state index contributed by atoms with van der Waals surface area (Å²) in [6.07, 6.45) is 1.91. The third-order valence-corrected chi connectivity index (χ3v) is 5.32. The number of nitrogens with one attached hydrogen (secondary N) is 1. The number of pyridine rings is 1. The van der Waals surface area contributed by atoms with Crippen LogP contribution in [0.5, 0.6) is 17.2 Å². The van der Waals surface area contributed by atoms with E-state index in [4.69, 9.17) is 9.47 Å². The molecule has 2 aromatic carbocycles. The van der Waals surface area contributed by atoms with Crippen LogP contribution in [-0.4, -0.2) is 48.3 Å². The van der Waals surface area contributed by atoms with E-state index in [2.05, 4.69) is 23.7 Å². The molecule has 0 atom stereocenters. The lowest BCUT2D eigenvalue weighted by Crippen LogP contribution is -2.24. The van der Waals surface area contributed by atoms with Gasteiger partial charge >= 0.3 is 0 Å². The highest BCUT2D eigenvalue weighted by atomic mass is 16.5.